The van der Waals surface area contributed by atoms with E-state index >= 15 is 0 Å². The second-order valence-corrected chi connectivity index (χ2v) is 7.36. The van der Waals surface area contributed by atoms with E-state index in [0.717, 1.165) is 6.42 Å². The third kappa shape index (κ3) is 3.37. The summed E-state index contributed by atoms with van der Waals surface area (Å²) < 4.78 is 19.4. The molecule has 9 heteroatoms. The highest BCUT2D eigenvalue weighted by Gasteiger charge is 2.35. The summed E-state index contributed by atoms with van der Waals surface area (Å²) in [7, 11) is 0. The first-order valence-electron chi connectivity index (χ1n) is 9.99. The lowest BCUT2D eigenvalue weighted by molar-refractivity contribution is 0.0709. The second kappa shape index (κ2) is 7.75. The number of aromatic nitrogens is 5. The van der Waals surface area contributed by atoms with E-state index in [-0.39, 0.29) is 17.8 Å². The molecule has 5 rings (SSSR count). The Morgan fingerprint density at radius 2 is 1.94 bits per heavy atom. The highest BCUT2D eigenvalue weighted by Crippen LogP contribution is 2.34. The summed E-state index contributed by atoms with van der Waals surface area (Å²) in [6.07, 6.45) is 4.65. The van der Waals surface area contributed by atoms with Crippen LogP contribution in [-0.4, -0.2) is 42.5 Å². The molecule has 1 unspecified atom stereocenters. The number of para-hydroxylation sites is 1. The summed E-state index contributed by atoms with van der Waals surface area (Å²) >= 11 is 0. The van der Waals surface area contributed by atoms with Crippen molar-refractivity contribution in [2.24, 2.45) is 0 Å². The Balaban J connectivity index is 1.46. The van der Waals surface area contributed by atoms with Crippen molar-refractivity contribution >= 4 is 5.91 Å². The number of benzene rings is 2. The quantitative estimate of drug-likeness (QED) is 0.502. The number of hydrogen-bond acceptors (Lipinski definition) is 6. The molecule has 1 amide bonds. The molecule has 2 aromatic carbocycles. The maximum absolute atomic E-state index is 13.9. The fraction of sp³-hybridized carbons (Fsp3) is 0.227. The number of likely N-dealkylation sites (tertiary alicyclic amines) is 1. The number of carbonyl (C=O) groups excluding carboxylic acids is 1. The van der Waals surface area contributed by atoms with Gasteiger partial charge < -0.3 is 9.42 Å². The molecule has 8 nitrogen and oxygen atoms in total. The van der Waals surface area contributed by atoms with Crippen LogP contribution in [0.15, 0.2) is 59.4 Å². The molecule has 0 radical (unpaired) electrons. The number of carbonyl (C=O) groups is 1. The van der Waals surface area contributed by atoms with Crippen molar-refractivity contribution in [1.29, 1.82) is 0 Å². The molecule has 31 heavy (non-hydrogen) atoms. The van der Waals surface area contributed by atoms with Gasteiger partial charge in [-0.2, -0.15) is 20.0 Å². The second-order valence-electron chi connectivity index (χ2n) is 7.36. The van der Waals surface area contributed by atoms with Gasteiger partial charge in [-0.1, -0.05) is 29.4 Å². The van der Waals surface area contributed by atoms with E-state index in [4.69, 9.17) is 4.52 Å². The topological polar surface area (TPSA) is 89.9 Å². The Morgan fingerprint density at radius 3 is 2.77 bits per heavy atom. The predicted molar refractivity (Wildman–Crippen MR) is 109 cm³/mol. The van der Waals surface area contributed by atoms with E-state index in [9.17, 15) is 9.18 Å². The Morgan fingerprint density at radius 1 is 1.13 bits per heavy atom. The Kier molecular flexibility index (Phi) is 4.78. The fourth-order valence-electron chi connectivity index (χ4n) is 3.92. The van der Waals surface area contributed by atoms with Crippen molar-refractivity contribution < 1.29 is 13.7 Å². The largest absolute Gasteiger partial charge is 0.337 e. The lowest BCUT2D eigenvalue weighted by atomic mass is 10.1. The Labute approximate surface area is 177 Å². The number of rotatable bonds is 4. The standard InChI is InChI=1S/C22H19FN6O2/c1-14-15(7-4-8-17(14)23)20-26-21(31-27-20)19-10-5-13-28(19)22(30)16-6-2-3-9-18(16)29-24-11-12-25-29/h2-4,6-9,11-12,19H,5,10,13H2,1H3. The van der Waals surface area contributed by atoms with E-state index in [2.05, 4.69) is 20.3 Å². The summed E-state index contributed by atoms with van der Waals surface area (Å²) in [6, 6.07) is 11.6. The van der Waals surface area contributed by atoms with E-state index in [1.807, 2.05) is 12.1 Å². The van der Waals surface area contributed by atoms with Crippen LogP contribution in [0.3, 0.4) is 0 Å². The number of hydrogen-bond donors (Lipinski definition) is 0. The van der Waals surface area contributed by atoms with Crippen molar-refractivity contribution in [1.82, 2.24) is 30.0 Å². The van der Waals surface area contributed by atoms with Crippen LogP contribution in [0.25, 0.3) is 17.1 Å². The van der Waals surface area contributed by atoms with Crippen molar-refractivity contribution in [3.8, 4) is 17.1 Å². The van der Waals surface area contributed by atoms with E-state index in [1.54, 1.807) is 48.5 Å². The van der Waals surface area contributed by atoms with E-state index in [1.165, 1.54) is 10.9 Å². The molecule has 0 aliphatic carbocycles. The van der Waals surface area contributed by atoms with Crippen LogP contribution in [-0.2, 0) is 0 Å². The van der Waals surface area contributed by atoms with Gasteiger partial charge in [0, 0.05) is 12.1 Å². The van der Waals surface area contributed by atoms with Crippen LogP contribution in [0, 0.1) is 12.7 Å². The summed E-state index contributed by atoms with van der Waals surface area (Å²) in [6.45, 7) is 2.24. The van der Waals surface area contributed by atoms with Crippen LogP contribution >= 0.6 is 0 Å². The zero-order chi connectivity index (χ0) is 21.4. The summed E-state index contributed by atoms with van der Waals surface area (Å²) in [4.78, 5) is 21.1. The molecule has 2 aromatic heterocycles. The van der Waals surface area contributed by atoms with Gasteiger partial charge >= 0.3 is 0 Å². The lowest BCUT2D eigenvalue weighted by Crippen LogP contribution is -2.31. The molecule has 1 fully saturated rings. The molecule has 156 valence electrons. The minimum Gasteiger partial charge on any atom is -0.337 e. The van der Waals surface area contributed by atoms with Crippen molar-refractivity contribution in [2.75, 3.05) is 6.54 Å². The minimum atomic E-state index is -0.346. The van der Waals surface area contributed by atoms with Gasteiger partial charge in [0.05, 0.1) is 23.6 Å². The fourth-order valence-corrected chi connectivity index (χ4v) is 3.92. The highest BCUT2D eigenvalue weighted by molar-refractivity contribution is 5.98. The van der Waals surface area contributed by atoms with Crippen LogP contribution < -0.4 is 0 Å². The zero-order valence-corrected chi connectivity index (χ0v) is 16.8. The number of halogens is 1. The third-order valence-electron chi connectivity index (χ3n) is 5.52. The molecule has 4 aromatic rings. The molecule has 3 heterocycles. The maximum Gasteiger partial charge on any atom is 0.256 e. The van der Waals surface area contributed by atoms with E-state index < -0.39 is 0 Å². The normalized spacial score (nSPS) is 16.1. The van der Waals surface area contributed by atoms with Gasteiger partial charge in [-0.25, -0.2) is 4.39 Å². The van der Waals surface area contributed by atoms with Gasteiger partial charge in [-0.05, 0) is 43.5 Å². The average molecular weight is 418 g/mol. The molecule has 1 atom stereocenters. The third-order valence-corrected chi connectivity index (χ3v) is 5.52. The average Bonchev–Trinajstić information content (AvgIpc) is 3.55. The van der Waals surface area contributed by atoms with Gasteiger partial charge in [0.2, 0.25) is 11.7 Å². The first-order valence-corrected chi connectivity index (χ1v) is 9.99. The smallest absolute Gasteiger partial charge is 0.256 e. The number of amides is 1. The number of nitrogens with zero attached hydrogens (tertiary/aromatic N) is 6. The molecular weight excluding hydrogens is 399 g/mol. The molecule has 1 aliphatic rings. The van der Waals surface area contributed by atoms with Crippen molar-refractivity contribution in [3.63, 3.8) is 0 Å². The molecule has 0 bridgehead atoms. The molecule has 0 saturated carbocycles. The Hall–Kier alpha value is -3.88. The maximum atomic E-state index is 13.9. The molecule has 1 saturated heterocycles. The van der Waals surface area contributed by atoms with Crippen LogP contribution in [0.4, 0.5) is 4.39 Å². The van der Waals surface area contributed by atoms with Gasteiger partial charge in [0.15, 0.2) is 0 Å². The first-order chi connectivity index (χ1) is 15.1. The van der Waals surface area contributed by atoms with Crippen LogP contribution in [0.5, 0.6) is 0 Å². The van der Waals surface area contributed by atoms with Gasteiger partial charge in [0.25, 0.3) is 5.91 Å². The monoisotopic (exact) mass is 418 g/mol. The van der Waals surface area contributed by atoms with Crippen molar-refractivity contribution in [3.05, 3.63) is 77.7 Å². The summed E-state index contributed by atoms with van der Waals surface area (Å²) in [5, 5.41) is 12.3. The van der Waals surface area contributed by atoms with Gasteiger partial charge in [-0.15, -0.1) is 0 Å². The molecule has 0 spiro atoms. The summed E-state index contributed by atoms with van der Waals surface area (Å²) in [5.74, 6) is 0.175. The van der Waals surface area contributed by atoms with Gasteiger partial charge in [0.1, 0.15) is 11.9 Å². The molecular formula is C22H19FN6O2. The van der Waals surface area contributed by atoms with Crippen LogP contribution in [0.1, 0.15) is 40.7 Å². The first kappa shape index (κ1) is 19.1. The molecule has 1 aliphatic heterocycles. The highest BCUT2D eigenvalue weighted by atomic mass is 19.1. The SMILES string of the molecule is Cc1c(F)cccc1-c1noc(C2CCCN2C(=O)c2ccccc2-n2nccn2)n1. The van der Waals surface area contributed by atoms with E-state index in [0.29, 0.717) is 47.1 Å². The summed E-state index contributed by atoms with van der Waals surface area (Å²) in [5.41, 5.74) is 2.12. The Bertz CT molecular complexity index is 1240. The van der Waals surface area contributed by atoms with Gasteiger partial charge in [-0.3, -0.25) is 4.79 Å². The van der Waals surface area contributed by atoms with Crippen molar-refractivity contribution in [2.45, 2.75) is 25.8 Å². The lowest BCUT2D eigenvalue weighted by Gasteiger charge is -2.22. The predicted octanol–water partition coefficient (Wildman–Crippen LogP) is 3.74. The molecule has 0 N–H and O–H groups in total. The zero-order valence-electron chi connectivity index (χ0n) is 16.8. The minimum absolute atomic E-state index is 0.155. The van der Waals surface area contributed by atoms with Crippen LogP contribution in [0.2, 0.25) is 0 Å².